The summed E-state index contributed by atoms with van der Waals surface area (Å²) in [4.78, 5) is 15.4. The molecule has 0 radical (unpaired) electrons. The summed E-state index contributed by atoms with van der Waals surface area (Å²) < 4.78 is 37.0. The fraction of sp³-hybridized carbons (Fsp3) is 0.562. The topological polar surface area (TPSA) is 35.6 Å². The molecule has 1 N–H and O–H groups in total. The number of halogens is 3. The van der Waals surface area contributed by atoms with Crippen molar-refractivity contribution in [1.82, 2.24) is 10.2 Å². The van der Waals surface area contributed by atoms with Gasteiger partial charge >= 0.3 is 6.18 Å². The molecule has 0 bridgehead atoms. The molecule has 1 atom stereocenters. The lowest BCUT2D eigenvalue weighted by Gasteiger charge is -2.18. The SMILES string of the molecule is CN(C)c1ccc(C(=O)NC[C@H]2CCN(CC(F)(F)F)C2)cc1. The number of alkyl halides is 3. The summed E-state index contributed by atoms with van der Waals surface area (Å²) in [5.41, 5.74) is 1.56. The number of hydrogen-bond acceptors (Lipinski definition) is 3. The second kappa shape index (κ2) is 7.21. The first kappa shape index (κ1) is 17.6. The minimum Gasteiger partial charge on any atom is -0.378 e. The van der Waals surface area contributed by atoms with Crippen LogP contribution in [-0.2, 0) is 0 Å². The van der Waals surface area contributed by atoms with Crippen molar-refractivity contribution in [1.29, 1.82) is 0 Å². The first-order valence-electron chi connectivity index (χ1n) is 7.59. The molecule has 1 aliphatic heterocycles. The molecule has 1 fully saturated rings. The zero-order chi connectivity index (χ0) is 17.0. The number of likely N-dealkylation sites (tertiary alicyclic amines) is 1. The minimum absolute atomic E-state index is 0.0716. The lowest BCUT2D eigenvalue weighted by molar-refractivity contribution is -0.143. The number of carbonyl (C=O) groups is 1. The van der Waals surface area contributed by atoms with Gasteiger partial charge in [-0.1, -0.05) is 0 Å². The Bertz CT molecular complexity index is 528. The van der Waals surface area contributed by atoms with E-state index in [2.05, 4.69) is 5.32 Å². The Morgan fingerprint density at radius 2 is 1.96 bits per heavy atom. The van der Waals surface area contributed by atoms with Crippen LogP contribution in [0, 0.1) is 5.92 Å². The Hall–Kier alpha value is -1.76. The maximum atomic E-state index is 12.3. The van der Waals surface area contributed by atoms with Crippen LogP contribution in [0.1, 0.15) is 16.8 Å². The number of hydrogen-bond donors (Lipinski definition) is 1. The fourth-order valence-electron chi connectivity index (χ4n) is 2.73. The van der Waals surface area contributed by atoms with Crippen LogP contribution >= 0.6 is 0 Å². The summed E-state index contributed by atoms with van der Waals surface area (Å²) in [6.07, 6.45) is -3.48. The molecule has 0 saturated carbocycles. The highest BCUT2D eigenvalue weighted by Gasteiger charge is 2.34. The van der Waals surface area contributed by atoms with Gasteiger partial charge in [-0.2, -0.15) is 13.2 Å². The monoisotopic (exact) mass is 329 g/mol. The molecule has 1 saturated heterocycles. The normalized spacial score (nSPS) is 18.9. The van der Waals surface area contributed by atoms with E-state index in [0.29, 0.717) is 31.6 Å². The van der Waals surface area contributed by atoms with Crippen molar-refractivity contribution in [2.24, 2.45) is 5.92 Å². The average molecular weight is 329 g/mol. The highest BCUT2D eigenvalue weighted by Crippen LogP contribution is 2.22. The van der Waals surface area contributed by atoms with Crippen LogP contribution in [0.3, 0.4) is 0 Å². The number of rotatable bonds is 5. The number of nitrogens with zero attached hydrogens (tertiary/aromatic N) is 2. The Balaban J connectivity index is 1.79. The third kappa shape index (κ3) is 5.42. The highest BCUT2D eigenvalue weighted by atomic mass is 19.4. The van der Waals surface area contributed by atoms with Crippen molar-refractivity contribution >= 4 is 11.6 Å². The van der Waals surface area contributed by atoms with Crippen molar-refractivity contribution in [2.75, 3.05) is 45.2 Å². The van der Waals surface area contributed by atoms with Crippen LogP contribution in [0.2, 0.25) is 0 Å². The van der Waals surface area contributed by atoms with Gasteiger partial charge in [0.15, 0.2) is 0 Å². The van der Waals surface area contributed by atoms with Gasteiger partial charge in [-0.25, -0.2) is 0 Å². The van der Waals surface area contributed by atoms with Gasteiger partial charge in [0.25, 0.3) is 5.91 Å². The van der Waals surface area contributed by atoms with Crippen LogP contribution < -0.4 is 10.2 Å². The van der Waals surface area contributed by atoms with Gasteiger partial charge in [-0.15, -0.1) is 0 Å². The Labute approximate surface area is 134 Å². The van der Waals surface area contributed by atoms with E-state index < -0.39 is 12.7 Å². The van der Waals surface area contributed by atoms with Crippen molar-refractivity contribution in [3.05, 3.63) is 29.8 Å². The first-order chi connectivity index (χ1) is 10.7. The molecule has 7 heteroatoms. The third-order valence-corrected chi connectivity index (χ3v) is 3.97. The van der Waals surface area contributed by atoms with E-state index in [9.17, 15) is 18.0 Å². The van der Waals surface area contributed by atoms with Crippen LogP contribution in [0.5, 0.6) is 0 Å². The summed E-state index contributed by atoms with van der Waals surface area (Å²) >= 11 is 0. The van der Waals surface area contributed by atoms with Crippen molar-refractivity contribution in [2.45, 2.75) is 12.6 Å². The predicted octanol–water partition coefficient (Wildman–Crippen LogP) is 2.37. The second-order valence-corrected chi connectivity index (χ2v) is 6.16. The van der Waals surface area contributed by atoms with E-state index in [1.807, 2.05) is 31.1 Å². The van der Waals surface area contributed by atoms with E-state index in [1.165, 1.54) is 4.90 Å². The largest absolute Gasteiger partial charge is 0.401 e. The maximum Gasteiger partial charge on any atom is 0.401 e. The summed E-state index contributed by atoms with van der Waals surface area (Å²) in [5, 5.41) is 2.81. The lowest BCUT2D eigenvalue weighted by Crippen LogP contribution is -2.34. The molecule has 1 aromatic rings. The predicted molar refractivity (Wildman–Crippen MR) is 83.7 cm³/mol. The van der Waals surface area contributed by atoms with E-state index in [4.69, 9.17) is 0 Å². The number of benzene rings is 1. The second-order valence-electron chi connectivity index (χ2n) is 6.16. The molecule has 1 heterocycles. The smallest absolute Gasteiger partial charge is 0.378 e. The van der Waals surface area contributed by atoms with Gasteiger partial charge in [0.05, 0.1) is 6.54 Å². The van der Waals surface area contributed by atoms with Crippen LogP contribution in [0.4, 0.5) is 18.9 Å². The number of amides is 1. The Kier molecular flexibility index (Phi) is 5.51. The molecule has 2 rings (SSSR count). The molecule has 1 aromatic carbocycles. The summed E-state index contributed by atoms with van der Waals surface area (Å²) in [6.45, 7) is 0.336. The van der Waals surface area contributed by atoms with Crippen LogP contribution in [0.15, 0.2) is 24.3 Å². The molecule has 0 spiro atoms. The fourth-order valence-corrected chi connectivity index (χ4v) is 2.73. The summed E-state index contributed by atoms with van der Waals surface area (Å²) in [7, 11) is 3.84. The molecule has 1 aliphatic rings. The summed E-state index contributed by atoms with van der Waals surface area (Å²) in [6, 6.07) is 7.20. The van der Waals surface area contributed by atoms with Crippen molar-refractivity contribution < 1.29 is 18.0 Å². The van der Waals surface area contributed by atoms with E-state index >= 15 is 0 Å². The van der Waals surface area contributed by atoms with Crippen molar-refractivity contribution in [3.8, 4) is 0 Å². The van der Waals surface area contributed by atoms with E-state index in [0.717, 1.165) is 5.69 Å². The molecule has 1 amide bonds. The molecule has 23 heavy (non-hydrogen) atoms. The molecular weight excluding hydrogens is 307 g/mol. The Morgan fingerprint density at radius 3 is 2.52 bits per heavy atom. The molecule has 4 nitrogen and oxygen atoms in total. The van der Waals surface area contributed by atoms with Gasteiger partial charge in [0.2, 0.25) is 0 Å². The number of carbonyl (C=O) groups excluding carboxylic acids is 1. The molecule has 128 valence electrons. The van der Waals surface area contributed by atoms with E-state index in [1.54, 1.807) is 12.1 Å². The lowest BCUT2D eigenvalue weighted by atomic mass is 10.1. The zero-order valence-electron chi connectivity index (χ0n) is 13.4. The number of nitrogens with one attached hydrogen (secondary N) is 1. The van der Waals surface area contributed by atoms with Gasteiger partial charge < -0.3 is 10.2 Å². The van der Waals surface area contributed by atoms with E-state index in [-0.39, 0.29) is 11.8 Å². The molecule has 0 aromatic heterocycles. The highest BCUT2D eigenvalue weighted by molar-refractivity contribution is 5.94. The molecule has 0 aliphatic carbocycles. The van der Waals surface area contributed by atoms with Gasteiger partial charge in [0, 0.05) is 38.4 Å². The molecular formula is C16H22F3N3O. The minimum atomic E-state index is -4.16. The first-order valence-corrected chi connectivity index (χ1v) is 7.59. The quantitative estimate of drug-likeness (QED) is 0.901. The standard InChI is InChI=1S/C16H22F3N3O/c1-21(2)14-5-3-13(4-6-14)15(23)20-9-12-7-8-22(10-12)11-16(17,18)19/h3-6,12H,7-11H2,1-2H3,(H,20,23)/t12-/m1/s1. The van der Waals surface area contributed by atoms with Crippen LogP contribution in [0.25, 0.3) is 0 Å². The third-order valence-electron chi connectivity index (χ3n) is 3.97. The Morgan fingerprint density at radius 1 is 1.30 bits per heavy atom. The van der Waals surface area contributed by atoms with Crippen LogP contribution in [-0.4, -0.2) is 57.3 Å². The zero-order valence-corrected chi connectivity index (χ0v) is 13.4. The summed E-state index contributed by atoms with van der Waals surface area (Å²) in [5.74, 6) is -0.119. The molecule has 0 unspecified atom stereocenters. The average Bonchev–Trinajstić information content (AvgIpc) is 2.90. The maximum absolute atomic E-state index is 12.3. The van der Waals surface area contributed by atoms with Gasteiger partial charge in [-0.05, 0) is 43.1 Å². The van der Waals surface area contributed by atoms with Gasteiger partial charge in [-0.3, -0.25) is 9.69 Å². The van der Waals surface area contributed by atoms with Gasteiger partial charge in [0.1, 0.15) is 0 Å². The number of anilines is 1. The van der Waals surface area contributed by atoms with Crippen molar-refractivity contribution in [3.63, 3.8) is 0 Å².